The monoisotopic (exact) mass is 252 g/mol. The number of benzene rings is 1. The molecule has 1 heterocycles. The summed E-state index contributed by atoms with van der Waals surface area (Å²) >= 11 is 0. The van der Waals surface area contributed by atoms with Crippen LogP contribution in [0.1, 0.15) is 12.0 Å². The molecule has 1 aliphatic rings. The lowest BCUT2D eigenvalue weighted by molar-refractivity contribution is -0.158. The fraction of sp³-hybridized carbons (Fsp3) is 0.333. The molecule has 0 spiro atoms. The first-order chi connectivity index (χ1) is 8.51. The maximum atomic E-state index is 12.9. The van der Waals surface area contributed by atoms with Crippen LogP contribution < -0.4 is 5.32 Å². The van der Waals surface area contributed by atoms with Gasteiger partial charge >= 0.3 is 11.9 Å². The molecule has 1 fully saturated rings. The van der Waals surface area contributed by atoms with Crippen LogP contribution in [0.5, 0.6) is 0 Å². The van der Waals surface area contributed by atoms with Gasteiger partial charge in [0.1, 0.15) is 6.10 Å². The topological polar surface area (TPSA) is 62.1 Å². The molecule has 1 N–H and O–H groups in total. The first-order valence-electron chi connectivity index (χ1n) is 5.34. The number of nitrogens with one attached hydrogen (secondary N) is 1. The smallest absolute Gasteiger partial charge is 0.377 e. The van der Waals surface area contributed by atoms with Gasteiger partial charge < -0.3 is 10.1 Å². The minimum absolute atomic E-state index is 0.118. The molecule has 94 valence electrons. The summed E-state index contributed by atoms with van der Waals surface area (Å²) < 4.78 is 30.3. The number of ether oxygens (including phenoxy) is 1. The van der Waals surface area contributed by atoms with Crippen LogP contribution >= 0.6 is 0 Å². The van der Waals surface area contributed by atoms with Crippen molar-refractivity contribution < 1.29 is 18.3 Å². The Hall–Kier alpha value is -2.16. The number of carbonyl (C=O) groups is 1. The van der Waals surface area contributed by atoms with Crippen molar-refractivity contribution in [2.45, 2.75) is 18.4 Å². The Morgan fingerprint density at radius 3 is 2.61 bits per heavy atom. The number of rotatable bonds is 3. The average molecular weight is 252 g/mol. The number of anilines is 1. The summed E-state index contributed by atoms with van der Waals surface area (Å²) in [6, 6.07) is 8.51. The highest BCUT2D eigenvalue weighted by atomic mass is 19.3. The van der Waals surface area contributed by atoms with Gasteiger partial charge in [-0.3, -0.25) is 0 Å². The van der Waals surface area contributed by atoms with E-state index in [9.17, 15) is 13.6 Å². The second-order valence-electron chi connectivity index (χ2n) is 4.01. The van der Waals surface area contributed by atoms with Crippen LogP contribution in [0.4, 0.5) is 14.5 Å². The van der Waals surface area contributed by atoms with Crippen molar-refractivity contribution in [3.05, 3.63) is 29.8 Å². The zero-order valence-corrected chi connectivity index (χ0v) is 9.32. The number of hydrogen-bond acceptors (Lipinski definition) is 4. The minimum Gasteiger partial charge on any atom is -0.456 e. The number of hydrogen-bond donors (Lipinski definition) is 1. The van der Waals surface area contributed by atoms with Crippen molar-refractivity contribution >= 4 is 11.7 Å². The van der Waals surface area contributed by atoms with Crippen molar-refractivity contribution in [3.63, 3.8) is 0 Å². The first kappa shape index (κ1) is 12.3. The minimum atomic E-state index is -3.38. The highest BCUT2D eigenvalue weighted by Crippen LogP contribution is 2.30. The van der Waals surface area contributed by atoms with E-state index in [0.29, 0.717) is 11.3 Å². The number of nitriles is 1. The van der Waals surface area contributed by atoms with Gasteiger partial charge in [0.15, 0.2) is 0 Å². The molecule has 0 saturated carbocycles. The second-order valence-corrected chi connectivity index (χ2v) is 4.01. The number of alkyl halides is 2. The van der Waals surface area contributed by atoms with E-state index in [2.05, 4.69) is 10.1 Å². The molecule has 0 bridgehead atoms. The Morgan fingerprint density at radius 1 is 1.44 bits per heavy atom. The normalized spacial score (nSPS) is 21.2. The maximum Gasteiger partial charge on any atom is 0.377 e. The average Bonchev–Trinajstić information content (AvgIpc) is 2.61. The van der Waals surface area contributed by atoms with Gasteiger partial charge in [-0.25, -0.2) is 4.79 Å². The summed E-state index contributed by atoms with van der Waals surface area (Å²) in [6.45, 7) is 0.118. The van der Waals surface area contributed by atoms with Crippen LogP contribution in [0.2, 0.25) is 0 Å². The number of carbonyl (C=O) groups excluding carboxylic acids is 1. The lowest BCUT2D eigenvalue weighted by atomic mass is 10.2. The van der Waals surface area contributed by atoms with Gasteiger partial charge in [0.25, 0.3) is 0 Å². The molecule has 1 atom stereocenters. The molecule has 6 heteroatoms. The Morgan fingerprint density at radius 2 is 2.11 bits per heavy atom. The predicted molar refractivity (Wildman–Crippen MR) is 59.1 cm³/mol. The molecule has 0 radical (unpaired) electrons. The highest BCUT2D eigenvalue weighted by Gasteiger charge is 2.50. The third-order valence-corrected chi connectivity index (χ3v) is 2.60. The molecular weight excluding hydrogens is 242 g/mol. The van der Waals surface area contributed by atoms with Crippen LogP contribution in [0.25, 0.3) is 0 Å². The molecule has 1 aliphatic heterocycles. The maximum absolute atomic E-state index is 12.9. The lowest BCUT2D eigenvalue weighted by Gasteiger charge is -2.10. The molecule has 1 aromatic rings. The van der Waals surface area contributed by atoms with E-state index in [1.54, 1.807) is 24.3 Å². The third-order valence-electron chi connectivity index (χ3n) is 2.60. The summed E-state index contributed by atoms with van der Waals surface area (Å²) in [5, 5.41) is 11.5. The zero-order valence-electron chi connectivity index (χ0n) is 9.32. The van der Waals surface area contributed by atoms with E-state index in [-0.39, 0.29) is 6.54 Å². The van der Waals surface area contributed by atoms with Crippen molar-refractivity contribution in [2.24, 2.45) is 0 Å². The number of cyclic esters (lactones) is 1. The molecule has 4 nitrogen and oxygen atoms in total. The second kappa shape index (κ2) is 4.61. The van der Waals surface area contributed by atoms with Crippen molar-refractivity contribution in [1.82, 2.24) is 0 Å². The fourth-order valence-corrected chi connectivity index (χ4v) is 1.66. The predicted octanol–water partition coefficient (Wildman–Crippen LogP) is 1.92. The quantitative estimate of drug-likeness (QED) is 0.835. The summed E-state index contributed by atoms with van der Waals surface area (Å²) in [5.41, 5.74) is 1.19. The summed E-state index contributed by atoms with van der Waals surface area (Å²) in [6.07, 6.45) is -1.43. The van der Waals surface area contributed by atoms with Gasteiger partial charge in [-0.1, -0.05) is 0 Å². The summed E-state index contributed by atoms with van der Waals surface area (Å²) in [5.74, 6) is -4.84. The highest BCUT2D eigenvalue weighted by molar-refractivity contribution is 5.79. The summed E-state index contributed by atoms with van der Waals surface area (Å²) in [4.78, 5) is 10.8. The van der Waals surface area contributed by atoms with Gasteiger partial charge in [0.2, 0.25) is 0 Å². The first-order valence-corrected chi connectivity index (χ1v) is 5.34. The van der Waals surface area contributed by atoms with Crippen LogP contribution in [-0.2, 0) is 9.53 Å². The molecule has 2 rings (SSSR count). The van der Waals surface area contributed by atoms with E-state index >= 15 is 0 Å². The van der Waals surface area contributed by atoms with Crippen LogP contribution in [-0.4, -0.2) is 24.5 Å². The van der Waals surface area contributed by atoms with E-state index in [1.165, 1.54) is 0 Å². The molecule has 1 unspecified atom stereocenters. The number of esters is 1. The summed E-state index contributed by atoms with van der Waals surface area (Å²) in [7, 11) is 0. The van der Waals surface area contributed by atoms with Gasteiger partial charge in [0, 0.05) is 5.69 Å². The Balaban J connectivity index is 1.89. The van der Waals surface area contributed by atoms with Crippen LogP contribution in [0.15, 0.2) is 24.3 Å². The third kappa shape index (κ3) is 2.56. The number of halogens is 2. The van der Waals surface area contributed by atoms with E-state index in [1.807, 2.05) is 6.07 Å². The van der Waals surface area contributed by atoms with Gasteiger partial charge in [-0.05, 0) is 24.3 Å². The molecule has 1 saturated heterocycles. The molecular formula is C12H10F2N2O2. The van der Waals surface area contributed by atoms with Crippen molar-refractivity contribution in [1.29, 1.82) is 5.26 Å². The van der Waals surface area contributed by atoms with Crippen molar-refractivity contribution in [2.75, 3.05) is 11.9 Å². The molecule has 0 aromatic heterocycles. The molecule has 0 amide bonds. The van der Waals surface area contributed by atoms with Crippen LogP contribution in [0.3, 0.4) is 0 Å². The Kier molecular flexibility index (Phi) is 3.15. The van der Waals surface area contributed by atoms with Gasteiger partial charge in [-0.2, -0.15) is 14.0 Å². The largest absolute Gasteiger partial charge is 0.456 e. The Labute approximate surface area is 102 Å². The van der Waals surface area contributed by atoms with E-state index in [0.717, 1.165) is 0 Å². The molecule has 18 heavy (non-hydrogen) atoms. The van der Waals surface area contributed by atoms with E-state index < -0.39 is 24.4 Å². The van der Waals surface area contributed by atoms with Gasteiger partial charge in [0.05, 0.1) is 24.6 Å². The standard InChI is InChI=1S/C12H10F2N2O2/c13-12(14)5-10(18-11(12)17)7-16-9-3-1-8(6-15)2-4-9/h1-4,10,16H,5,7H2. The Bertz CT molecular complexity index is 494. The lowest BCUT2D eigenvalue weighted by Crippen LogP contribution is -2.22. The van der Waals surface area contributed by atoms with Crippen molar-refractivity contribution in [3.8, 4) is 6.07 Å². The molecule has 0 aliphatic carbocycles. The van der Waals surface area contributed by atoms with Crippen LogP contribution in [0, 0.1) is 11.3 Å². The SMILES string of the molecule is N#Cc1ccc(NCC2CC(F)(F)C(=O)O2)cc1. The zero-order chi connectivity index (χ0) is 13.2. The van der Waals surface area contributed by atoms with E-state index in [4.69, 9.17) is 5.26 Å². The number of nitrogens with zero attached hydrogens (tertiary/aromatic N) is 1. The molecule has 1 aromatic carbocycles. The fourth-order valence-electron chi connectivity index (χ4n) is 1.66. The van der Waals surface area contributed by atoms with Gasteiger partial charge in [-0.15, -0.1) is 0 Å².